The van der Waals surface area contributed by atoms with Gasteiger partial charge in [0, 0.05) is 23.7 Å². The van der Waals surface area contributed by atoms with Gasteiger partial charge in [-0.15, -0.1) is 0 Å². The molecule has 1 N–H and O–H groups in total. The monoisotopic (exact) mass is 497 g/mol. The number of anilines is 1. The predicted octanol–water partition coefficient (Wildman–Crippen LogP) is 6.59. The lowest BCUT2D eigenvalue weighted by molar-refractivity contribution is -0.113. The zero-order chi connectivity index (χ0) is 25.1. The molecule has 4 aromatic rings. The van der Waals surface area contributed by atoms with Crippen LogP contribution in [-0.4, -0.2) is 28.2 Å². The molecule has 0 aliphatic carbocycles. The average molecular weight is 498 g/mol. The van der Waals surface area contributed by atoms with E-state index in [1.165, 1.54) is 17.3 Å². The second kappa shape index (κ2) is 10.4. The van der Waals surface area contributed by atoms with Gasteiger partial charge in [-0.3, -0.25) is 4.79 Å². The second-order valence-electron chi connectivity index (χ2n) is 8.69. The second-order valence-corrected chi connectivity index (χ2v) is 9.65. The first-order chi connectivity index (χ1) is 17.5. The Bertz CT molecular complexity index is 1420. The molecule has 6 nitrogen and oxygen atoms in total. The fourth-order valence-corrected chi connectivity index (χ4v) is 4.86. The third-order valence-electron chi connectivity index (χ3n) is 5.80. The van der Waals surface area contributed by atoms with Gasteiger partial charge in [0.05, 0.1) is 17.9 Å². The van der Waals surface area contributed by atoms with Gasteiger partial charge in [-0.2, -0.15) is 4.98 Å². The lowest BCUT2D eigenvalue weighted by Crippen LogP contribution is -2.15. The van der Waals surface area contributed by atoms with Gasteiger partial charge in [-0.05, 0) is 44.5 Å². The number of carbonyl (C=O) groups excluding carboxylic acids is 1. The maximum Gasteiger partial charge on any atom is 0.234 e. The Labute approximate surface area is 215 Å². The van der Waals surface area contributed by atoms with Crippen LogP contribution in [0.1, 0.15) is 29.2 Å². The number of thioether (sulfide) groups is 1. The van der Waals surface area contributed by atoms with Gasteiger partial charge in [0.15, 0.2) is 5.82 Å². The summed E-state index contributed by atoms with van der Waals surface area (Å²) >= 11 is 1.39. The Balaban J connectivity index is 1.41. The van der Waals surface area contributed by atoms with Crippen LogP contribution in [0.5, 0.6) is 17.4 Å². The van der Waals surface area contributed by atoms with E-state index in [1.807, 2.05) is 74.5 Å². The van der Waals surface area contributed by atoms with Gasteiger partial charge in [-0.1, -0.05) is 65.4 Å². The Kier molecular flexibility index (Phi) is 6.91. The van der Waals surface area contributed by atoms with E-state index >= 15 is 0 Å². The molecule has 0 atom stereocenters. The van der Waals surface area contributed by atoms with Crippen LogP contribution in [0.2, 0.25) is 0 Å². The van der Waals surface area contributed by atoms with Gasteiger partial charge in [0.2, 0.25) is 11.8 Å². The fourth-order valence-electron chi connectivity index (χ4n) is 4.03. The Hall–Kier alpha value is -3.84. The molecule has 36 heavy (non-hydrogen) atoms. The summed E-state index contributed by atoms with van der Waals surface area (Å²) in [5.74, 6) is 2.74. The number of nitrogens with one attached hydrogen (secondary N) is 1. The summed E-state index contributed by atoms with van der Waals surface area (Å²) < 4.78 is 11.8. The number of rotatable bonds is 7. The van der Waals surface area contributed by atoms with Gasteiger partial charge in [0.1, 0.15) is 16.5 Å². The number of aryl methyl sites for hydroxylation is 2. The minimum absolute atomic E-state index is 0.120. The normalized spacial score (nSPS) is 11.8. The summed E-state index contributed by atoms with van der Waals surface area (Å²) in [7, 11) is 0. The van der Waals surface area contributed by atoms with E-state index in [2.05, 4.69) is 18.3 Å². The summed E-state index contributed by atoms with van der Waals surface area (Å²) in [4.78, 5) is 22.4. The van der Waals surface area contributed by atoms with E-state index in [9.17, 15) is 4.79 Å². The summed E-state index contributed by atoms with van der Waals surface area (Å²) in [5, 5.41) is 3.70. The van der Waals surface area contributed by atoms with E-state index in [0.717, 1.165) is 38.8 Å². The molecule has 0 radical (unpaired) electrons. The molecule has 1 aromatic heterocycles. The molecular formula is C29H27N3O3S. The van der Waals surface area contributed by atoms with Crippen molar-refractivity contribution in [3.8, 4) is 28.8 Å². The topological polar surface area (TPSA) is 73.3 Å². The number of carbonyl (C=O) groups is 1. The van der Waals surface area contributed by atoms with Crippen LogP contribution in [0.4, 0.5) is 5.69 Å². The lowest BCUT2D eigenvalue weighted by Gasteiger charge is -2.22. The molecular weight excluding hydrogens is 470 g/mol. The third-order valence-corrected chi connectivity index (χ3v) is 6.82. The van der Waals surface area contributed by atoms with E-state index < -0.39 is 0 Å². The number of aromatic nitrogens is 2. The third kappa shape index (κ3) is 5.36. The van der Waals surface area contributed by atoms with E-state index in [1.54, 1.807) is 0 Å². The molecule has 0 bridgehead atoms. The summed E-state index contributed by atoms with van der Waals surface area (Å²) in [6.07, 6.45) is 0.654. The van der Waals surface area contributed by atoms with E-state index in [0.29, 0.717) is 30.4 Å². The molecule has 0 spiro atoms. The van der Waals surface area contributed by atoms with Crippen molar-refractivity contribution in [1.29, 1.82) is 0 Å². The first kappa shape index (κ1) is 23.9. The van der Waals surface area contributed by atoms with Crippen LogP contribution < -0.4 is 14.8 Å². The number of benzene rings is 3. The van der Waals surface area contributed by atoms with E-state index in [4.69, 9.17) is 19.4 Å². The van der Waals surface area contributed by atoms with Crippen LogP contribution >= 0.6 is 11.8 Å². The first-order valence-electron chi connectivity index (χ1n) is 11.9. The van der Waals surface area contributed by atoms with Crippen molar-refractivity contribution in [2.24, 2.45) is 0 Å². The number of fused-ring (bicyclic) bond motifs is 2. The zero-order valence-corrected chi connectivity index (χ0v) is 21.3. The highest BCUT2D eigenvalue weighted by Crippen LogP contribution is 2.40. The van der Waals surface area contributed by atoms with Gasteiger partial charge in [-0.25, -0.2) is 4.98 Å². The van der Waals surface area contributed by atoms with Gasteiger partial charge in [0.25, 0.3) is 0 Å². The van der Waals surface area contributed by atoms with Gasteiger partial charge >= 0.3 is 0 Å². The maximum atomic E-state index is 12.8. The SMILES string of the molecule is CCOc1cccc(NC(=O)CSc2nc(-c3ccc(C)cc3)nc3c2Cc2cc(C)ccc2O3)c1. The Morgan fingerprint density at radius 3 is 2.64 bits per heavy atom. The fraction of sp³-hybridized carbons (Fsp3) is 0.207. The highest BCUT2D eigenvalue weighted by Gasteiger charge is 2.25. The largest absolute Gasteiger partial charge is 0.494 e. The highest BCUT2D eigenvalue weighted by molar-refractivity contribution is 8.00. The lowest BCUT2D eigenvalue weighted by atomic mass is 10.0. The summed E-state index contributed by atoms with van der Waals surface area (Å²) in [6.45, 7) is 6.61. The van der Waals surface area contributed by atoms with Crippen molar-refractivity contribution >= 4 is 23.4 Å². The molecule has 3 aromatic carbocycles. The minimum atomic E-state index is -0.120. The highest BCUT2D eigenvalue weighted by atomic mass is 32.2. The smallest absolute Gasteiger partial charge is 0.234 e. The van der Waals surface area contributed by atoms with Crippen molar-refractivity contribution in [1.82, 2.24) is 9.97 Å². The van der Waals surface area contributed by atoms with E-state index in [-0.39, 0.29) is 11.7 Å². The van der Waals surface area contributed by atoms with Crippen LogP contribution in [0.25, 0.3) is 11.4 Å². The molecule has 0 saturated carbocycles. The Morgan fingerprint density at radius 1 is 1.03 bits per heavy atom. The van der Waals surface area contributed by atoms with Crippen molar-refractivity contribution < 1.29 is 14.3 Å². The van der Waals surface area contributed by atoms with Crippen molar-refractivity contribution in [2.75, 3.05) is 17.7 Å². The maximum absolute atomic E-state index is 12.8. The van der Waals surface area contributed by atoms with Crippen LogP contribution in [0, 0.1) is 13.8 Å². The number of hydrogen-bond donors (Lipinski definition) is 1. The minimum Gasteiger partial charge on any atom is -0.494 e. The van der Waals surface area contributed by atoms with Crippen molar-refractivity contribution in [3.05, 3.63) is 89.0 Å². The Morgan fingerprint density at radius 2 is 1.83 bits per heavy atom. The van der Waals surface area contributed by atoms with Crippen molar-refractivity contribution in [2.45, 2.75) is 32.2 Å². The molecule has 5 rings (SSSR count). The molecule has 182 valence electrons. The number of hydrogen-bond acceptors (Lipinski definition) is 6. The standard InChI is InChI=1S/C29H27N3O3S/c1-4-34-23-7-5-6-22(16-23)30-26(33)17-36-29-24-15-21-14-19(3)10-13-25(21)35-28(24)31-27(32-29)20-11-8-18(2)9-12-20/h5-14,16H,4,15,17H2,1-3H3,(H,30,33). The number of nitrogens with zero attached hydrogens (tertiary/aromatic N) is 2. The zero-order valence-electron chi connectivity index (χ0n) is 20.5. The van der Waals surface area contributed by atoms with Crippen molar-refractivity contribution in [3.63, 3.8) is 0 Å². The first-order valence-corrected chi connectivity index (χ1v) is 12.9. The molecule has 7 heteroatoms. The average Bonchev–Trinajstić information content (AvgIpc) is 2.87. The van der Waals surface area contributed by atoms with Gasteiger partial charge < -0.3 is 14.8 Å². The molecule has 0 saturated heterocycles. The quantitative estimate of drug-likeness (QED) is 0.202. The summed E-state index contributed by atoms with van der Waals surface area (Å²) in [6, 6.07) is 21.6. The summed E-state index contributed by atoms with van der Waals surface area (Å²) in [5.41, 5.74) is 5.93. The molecule has 2 heterocycles. The van der Waals surface area contributed by atoms with Crippen LogP contribution in [0.15, 0.2) is 71.8 Å². The number of ether oxygens (including phenoxy) is 2. The molecule has 1 amide bonds. The molecule has 1 aliphatic rings. The predicted molar refractivity (Wildman–Crippen MR) is 143 cm³/mol. The number of amides is 1. The molecule has 1 aliphatic heterocycles. The molecule has 0 unspecified atom stereocenters. The van der Waals surface area contributed by atoms with Crippen LogP contribution in [-0.2, 0) is 11.2 Å². The van der Waals surface area contributed by atoms with Crippen LogP contribution in [0.3, 0.4) is 0 Å². The molecule has 0 fully saturated rings.